The SMILES string of the molecule is COc1ccc(CCCCCC(C)=O)cc1. The Bertz CT molecular complexity index is 314. The Hall–Kier alpha value is -1.31. The summed E-state index contributed by atoms with van der Waals surface area (Å²) in [6.45, 7) is 1.66. The van der Waals surface area contributed by atoms with Crippen LogP contribution in [0, 0.1) is 0 Å². The highest BCUT2D eigenvalue weighted by Gasteiger charge is 1.96. The summed E-state index contributed by atoms with van der Waals surface area (Å²) in [7, 11) is 1.68. The van der Waals surface area contributed by atoms with Gasteiger partial charge in [-0.05, 0) is 43.9 Å². The minimum Gasteiger partial charge on any atom is -0.497 e. The van der Waals surface area contributed by atoms with E-state index in [0.29, 0.717) is 5.78 Å². The van der Waals surface area contributed by atoms with Crippen molar-refractivity contribution in [3.63, 3.8) is 0 Å². The Balaban J connectivity index is 2.19. The third-order valence-electron chi connectivity index (χ3n) is 2.65. The van der Waals surface area contributed by atoms with Crippen LogP contribution in [0.1, 0.15) is 38.2 Å². The van der Waals surface area contributed by atoms with Crippen LogP contribution in [0.3, 0.4) is 0 Å². The summed E-state index contributed by atoms with van der Waals surface area (Å²) >= 11 is 0. The molecule has 0 N–H and O–H groups in total. The van der Waals surface area contributed by atoms with E-state index in [2.05, 4.69) is 12.1 Å². The van der Waals surface area contributed by atoms with Crippen molar-refractivity contribution in [2.45, 2.75) is 39.0 Å². The number of hydrogen-bond donors (Lipinski definition) is 0. The number of ketones is 1. The molecule has 0 aliphatic carbocycles. The number of aryl methyl sites for hydroxylation is 1. The predicted molar refractivity (Wildman–Crippen MR) is 65.8 cm³/mol. The molecule has 0 fully saturated rings. The lowest BCUT2D eigenvalue weighted by Crippen LogP contribution is -1.91. The van der Waals surface area contributed by atoms with Crippen LogP contribution in [-0.4, -0.2) is 12.9 Å². The Morgan fingerprint density at radius 3 is 2.38 bits per heavy atom. The average molecular weight is 220 g/mol. The van der Waals surface area contributed by atoms with E-state index in [1.54, 1.807) is 14.0 Å². The maximum absolute atomic E-state index is 10.7. The molecular weight excluding hydrogens is 200 g/mol. The van der Waals surface area contributed by atoms with E-state index in [4.69, 9.17) is 4.74 Å². The largest absolute Gasteiger partial charge is 0.497 e. The molecule has 0 spiro atoms. The van der Waals surface area contributed by atoms with Gasteiger partial charge in [-0.1, -0.05) is 18.6 Å². The van der Waals surface area contributed by atoms with Crippen LogP contribution in [0.25, 0.3) is 0 Å². The van der Waals surface area contributed by atoms with Gasteiger partial charge in [0.15, 0.2) is 0 Å². The van der Waals surface area contributed by atoms with E-state index in [1.807, 2.05) is 12.1 Å². The molecule has 0 saturated heterocycles. The number of unbranched alkanes of at least 4 members (excludes halogenated alkanes) is 2. The predicted octanol–water partition coefficient (Wildman–Crippen LogP) is 3.39. The zero-order chi connectivity index (χ0) is 11.8. The summed E-state index contributed by atoms with van der Waals surface area (Å²) in [5.74, 6) is 1.20. The summed E-state index contributed by atoms with van der Waals surface area (Å²) in [6, 6.07) is 8.18. The molecule has 0 unspecified atom stereocenters. The highest BCUT2D eigenvalue weighted by atomic mass is 16.5. The van der Waals surface area contributed by atoms with Crippen LogP contribution >= 0.6 is 0 Å². The molecule has 0 bridgehead atoms. The molecule has 0 aliphatic heterocycles. The first-order chi connectivity index (χ1) is 7.72. The lowest BCUT2D eigenvalue weighted by molar-refractivity contribution is -0.117. The highest BCUT2D eigenvalue weighted by Crippen LogP contribution is 2.13. The van der Waals surface area contributed by atoms with Crippen LogP contribution in [0.2, 0.25) is 0 Å². The number of ether oxygens (including phenoxy) is 1. The van der Waals surface area contributed by atoms with E-state index in [0.717, 1.165) is 37.9 Å². The molecule has 0 amide bonds. The second-order valence-corrected chi connectivity index (χ2v) is 4.11. The van der Waals surface area contributed by atoms with E-state index in [-0.39, 0.29) is 0 Å². The molecule has 16 heavy (non-hydrogen) atoms. The normalized spacial score (nSPS) is 10.1. The summed E-state index contributed by atoms with van der Waals surface area (Å²) in [5, 5.41) is 0. The number of benzene rings is 1. The Morgan fingerprint density at radius 2 is 1.81 bits per heavy atom. The van der Waals surface area contributed by atoms with Gasteiger partial charge in [0.1, 0.15) is 11.5 Å². The van der Waals surface area contributed by atoms with E-state index in [9.17, 15) is 4.79 Å². The quantitative estimate of drug-likeness (QED) is 0.658. The van der Waals surface area contributed by atoms with Crippen molar-refractivity contribution in [3.8, 4) is 5.75 Å². The number of methoxy groups -OCH3 is 1. The zero-order valence-electron chi connectivity index (χ0n) is 10.2. The lowest BCUT2D eigenvalue weighted by atomic mass is 10.1. The lowest BCUT2D eigenvalue weighted by Gasteiger charge is -2.03. The second kappa shape index (κ2) is 7.04. The molecule has 0 heterocycles. The van der Waals surface area contributed by atoms with Gasteiger partial charge in [-0.15, -0.1) is 0 Å². The zero-order valence-corrected chi connectivity index (χ0v) is 10.2. The van der Waals surface area contributed by atoms with Gasteiger partial charge in [0.05, 0.1) is 7.11 Å². The van der Waals surface area contributed by atoms with Crippen molar-refractivity contribution in [1.29, 1.82) is 0 Å². The van der Waals surface area contributed by atoms with Crippen molar-refractivity contribution in [1.82, 2.24) is 0 Å². The van der Waals surface area contributed by atoms with Crippen molar-refractivity contribution >= 4 is 5.78 Å². The van der Waals surface area contributed by atoms with Gasteiger partial charge in [-0.3, -0.25) is 0 Å². The minimum atomic E-state index is 0.296. The molecule has 2 heteroatoms. The summed E-state index contributed by atoms with van der Waals surface area (Å²) in [6.07, 6.45) is 5.11. The molecule has 0 aliphatic rings. The molecular formula is C14H20O2. The van der Waals surface area contributed by atoms with E-state index < -0.39 is 0 Å². The van der Waals surface area contributed by atoms with E-state index in [1.165, 1.54) is 5.56 Å². The van der Waals surface area contributed by atoms with Gasteiger partial charge in [-0.25, -0.2) is 0 Å². The average Bonchev–Trinajstić information content (AvgIpc) is 2.29. The van der Waals surface area contributed by atoms with Crippen molar-refractivity contribution < 1.29 is 9.53 Å². The van der Waals surface area contributed by atoms with Gasteiger partial charge in [-0.2, -0.15) is 0 Å². The summed E-state index contributed by atoms with van der Waals surface area (Å²) in [5.41, 5.74) is 1.34. The molecule has 0 aromatic heterocycles. The molecule has 1 aromatic carbocycles. The van der Waals surface area contributed by atoms with Gasteiger partial charge >= 0.3 is 0 Å². The van der Waals surface area contributed by atoms with Crippen LogP contribution in [-0.2, 0) is 11.2 Å². The van der Waals surface area contributed by atoms with Crippen molar-refractivity contribution in [2.75, 3.05) is 7.11 Å². The molecule has 2 nitrogen and oxygen atoms in total. The molecule has 88 valence electrons. The smallest absolute Gasteiger partial charge is 0.129 e. The Morgan fingerprint density at radius 1 is 1.12 bits per heavy atom. The molecule has 0 atom stereocenters. The fourth-order valence-electron chi connectivity index (χ4n) is 1.67. The van der Waals surface area contributed by atoms with Crippen LogP contribution in [0.15, 0.2) is 24.3 Å². The number of carbonyl (C=O) groups is 1. The monoisotopic (exact) mass is 220 g/mol. The van der Waals surface area contributed by atoms with Gasteiger partial charge in [0.2, 0.25) is 0 Å². The van der Waals surface area contributed by atoms with Gasteiger partial charge < -0.3 is 9.53 Å². The van der Waals surface area contributed by atoms with Crippen LogP contribution in [0.4, 0.5) is 0 Å². The topological polar surface area (TPSA) is 26.3 Å². The number of Topliss-reactive ketones (excluding diaryl/α,β-unsaturated/α-hetero) is 1. The summed E-state index contributed by atoms with van der Waals surface area (Å²) in [4.78, 5) is 10.7. The fourth-order valence-corrected chi connectivity index (χ4v) is 1.67. The van der Waals surface area contributed by atoms with E-state index >= 15 is 0 Å². The fraction of sp³-hybridized carbons (Fsp3) is 0.500. The number of carbonyl (C=O) groups excluding carboxylic acids is 1. The van der Waals surface area contributed by atoms with Gasteiger partial charge in [0, 0.05) is 6.42 Å². The summed E-state index contributed by atoms with van der Waals surface area (Å²) < 4.78 is 5.10. The standard InChI is InChI=1S/C14H20O2/c1-12(15)6-4-3-5-7-13-8-10-14(16-2)11-9-13/h8-11H,3-7H2,1-2H3. The maximum Gasteiger partial charge on any atom is 0.129 e. The number of hydrogen-bond acceptors (Lipinski definition) is 2. The van der Waals surface area contributed by atoms with Gasteiger partial charge in [0.25, 0.3) is 0 Å². The number of rotatable bonds is 7. The molecule has 1 aromatic rings. The maximum atomic E-state index is 10.7. The first-order valence-corrected chi connectivity index (χ1v) is 5.84. The first-order valence-electron chi connectivity index (χ1n) is 5.84. The Labute approximate surface area is 97.6 Å². The van der Waals surface area contributed by atoms with Crippen molar-refractivity contribution in [3.05, 3.63) is 29.8 Å². The third kappa shape index (κ3) is 4.96. The molecule has 0 saturated carbocycles. The highest BCUT2D eigenvalue weighted by molar-refractivity contribution is 5.75. The third-order valence-corrected chi connectivity index (χ3v) is 2.65. The van der Waals surface area contributed by atoms with Crippen LogP contribution in [0.5, 0.6) is 5.75 Å². The van der Waals surface area contributed by atoms with Crippen LogP contribution < -0.4 is 4.74 Å². The second-order valence-electron chi connectivity index (χ2n) is 4.11. The molecule has 0 radical (unpaired) electrons. The Kier molecular flexibility index (Phi) is 5.62. The van der Waals surface area contributed by atoms with Crippen molar-refractivity contribution in [2.24, 2.45) is 0 Å². The molecule has 1 rings (SSSR count). The first kappa shape index (κ1) is 12.8. The minimum absolute atomic E-state index is 0.296.